The van der Waals surface area contributed by atoms with Crippen LogP contribution in [0.3, 0.4) is 0 Å². The van der Waals surface area contributed by atoms with Crippen LogP contribution in [-0.2, 0) is 38.4 Å². The van der Waals surface area contributed by atoms with Crippen LogP contribution in [0, 0.1) is 11.8 Å². The predicted molar refractivity (Wildman–Crippen MR) is 208 cm³/mol. The molecule has 24 heteroatoms. The molecule has 0 saturated heterocycles. The Bertz CT molecular complexity index is 1450. The van der Waals surface area contributed by atoms with Crippen molar-refractivity contribution in [1.29, 1.82) is 0 Å². The first-order valence-corrected chi connectivity index (χ1v) is 18.3. The summed E-state index contributed by atoms with van der Waals surface area (Å²) >= 11 is 0. The number of hydrogen-bond donors (Lipinski definition) is 14. The molecule has 0 aliphatic carbocycles. The number of nitrogens with one attached hydrogen (secondary N) is 6. The molecule has 0 aromatic carbocycles. The molecule has 0 aromatic heterocycles. The van der Waals surface area contributed by atoms with Gasteiger partial charge in [-0.15, -0.1) is 0 Å². The first kappa shape index (κ1) is 51.2. The van der Waals surface area contributed by atoms with Crippen LogP contribution in [0.25, 0.3) is 0 Å². The molecule has 0 radical (unpaired) electrons. The van der Waals surface area contributed by atoms with E-state index in [0.717, 1.165) is 6.92 Å². The molecular formula is C33H62N14O10. The maximum absolute atomic E-state index is 13.6. The lowest BCUT2D eigenvalue weighted by Gasteiger charge is -2.27. The minimum absolute atomic E-state index is 0.00457. The number of nitrogens with two attached hydrogens (primary N) is 6. The van der Waals surface area contributed by atoms with Gasteiger partial charge in [-0.3, -0.25) is 43.5 Å². The van der Waals surface area contributed by atoms with Crippen molar-refractivity contribution in [1.82, 2.24) is 31.9 Å². The maximum atomic E-state index is 13.6. The summed E-state index contributed by atoms with van der Waals surface area (Å²) in [6.45, 7) is 7.50. The molecule has 7 atom stereocenters. The highest BCUT2D eigenvalue weighted by atomic mass is 16.4. The molecule has 0 aromatic rings. The Labute approximate surface area is 330 Å². The van der Waals surface area contributed by atoms with Crippen molar-refractivity contribution in [3.63, 3.8) is 0 Å². The molecule has 24 nitrogen and oxygen atoms in total. The molecule has 0 fully saturated rings. The lowest BCUT2D eigenvalue weighted by atomic mass is 10.0. The molecule has 0 rings (SSSR count). The Morgan fingerprint density at radius 2 is 1.07 bits per heavy atom. The first-order valence-electron chi connectivity index (χ1n) is 18.3. The van der Waals surface area contributed by atoms with Gasteiger partial charge in [0.2, 0.25) is 41.4 Å². The number of aliphatic hydroxyl groups is 1. The number of carboxylic acid groups (broad SMARTS) is 1. The van der Waals surface area contributed by atoms with Gasteiger partial charge in [0.1, 0.15) is 24.2 Å². The molecule has 0 saturated carbocycles. The fraction of sp³-hybridized carbons (Fsp3) is 0.697. The third-order valence-electron chi connectivity index (χ3n) is 8.04. The number of aliphatic hydroxyl groups excluding tert-OH is 1. The normalized spacial score (nSPS) is 14.6. The minimum Gasteiger partial charge on any atom is -0.480 e. The van der Waals surface area contributed by atoms with Crippen LogP contribution >= 0.6 is 0 Å². The van der Waals surface area contributed by atoms with E-state index in [1.165, 1.54) is 0 Å². The highest BCUT2D eigenvalue weighted by Crippen LogP contribution is 2.09. The van der Waals surface area contributed by atoms with E-state index in [1.807, 2.05) is 0 Å². The number of amides is 7. The molecule has 0 bridgehead atoms. The van der Waals surface area contributed by atoms with Crippen LogP contribution in [0.2, 0.25) is 0 Å². The average molecular weight is 815 g/mol. The molecule has 20 N–H and O–H groups in total. The minimum atomic E-state index is -1.72. The van der Waals surface area contributed by atoms with Crippen molar-refractivity contribution in [2.24, 2.45) is 56.2 Å². The number of aliphatic carboxylic acids is 1. The van der Waals surface area contributed by atoms with Gasteiger partial charge in [-0.2, -0.15) is 0 Å². The number of hydrogen-bond acceptors (Lipinski definition) is 12. The van der Waals surface area contributed by atoms with Gasteiger partial charge in [0.25, 0.3) is 0 Å². The monoisotopic (exact) mass is 814 g/mol. The number of carbonyl (C=O) groups excluding carboxylic acids is 7. The van der Waals surface area contributed by atoms with Gasteiger partial charge in [-0.25, -0.2) is 4.79 Å². The van der Waals surface area contributed by atoms with Crippen LogP contribution in [0.1, 0.15) is 73.1 Å². The topological polar surface area (TPSA) is 430 Å². The number of carbonyl (C=O) groups is 8. The van der Waals surface area contributed by atoms with E-state index >= 15 is 0 Å². The zero-order valence-corrected chi connectivity index (χ0v) is 33.1. The number of rotatable bonds is 27. The second-order valence-corrected chi connectivity index (χ2v) is 14.1. The number of guanidine groups is 2. The van der Waals surface area contributed by atoms with Crippen LogP contribution < -0.4 is 66.3 Å². The van der Waals surface area contributed by atoms with Crippen molar-refractivity contribution in [3.8, 4) is 0 Å². The van der Waals surface area contributed by atoms with Crippen LogP contribution in [0.4, 0.5) is 0 Å². The number of carboxylic acids is 1. The molecule has 324 valence electrons. The molecule has 57 heavy (non-hydrogen) atoms. The summed E-state index contributed by atoms with van der Waals surface area (Å²) in [6, 6.07) is -8.17. The van der Waals surface area contributed by atoms with Crippen LogP contribution in [-0.4, -0.2) is 131 Å². The van der Waals surface area contributed by atoms with E-state index in [1.54, 1.807) is 27.7 Å². The summed E-state index contributed by atoms with van der Waals surface area (Å²) in [5.74, 6) is -8.61. The zero-order valence-electron chi connectivity index (χ0n) is 33.1. The molecule has 0 aliphatic heterocycles. The van der Waals surface area contributed by atoms with Gasteiger partial charge in [0.15, 0.2) is 18.0 Å². The quantitative estimate of drug-likeness (QED) is 0.0209. The molecule has 7 amide bonds. The largest absolute Gasteiger partial charge is 0.480 e. The third-order valence-corrected chi connectivity index (χ3v) is 8.04. The van der Waals surface area contributed by atoms with Crippen molar-refractivity contribution in [2.75, 3.05) is 19.6 Å². The summed E-state index contributed by atoms with van der Waals surface area (Å²) in [5.41, 5.74) is 32.6. The second kappa shape index (κ2) is 26.1. The fourth-order valence-electron chi connectivity index (χ4n) is 4.95. The first-order chi connectivity index (χ1) is 26.5. The molecular weight excluding hydrogens is 752 g/mol. The fourth-order valence-corrected chi connectivity index (χ4v) is 4.95. The Kier molecular flexibility index (Phi) is 23.5. The van der Waals surface area contributed by atoms with Crippen molar-refractivity contribution in [2.45, 2.75) is 115 Å². The zero-order chi connectivity index (χ0) is 44.0. The van der Waals surface area contributed by atoms with Gasteiger partial charge < -0.3 is 76.5 Å². The van der Waals surface area contributed by atoms with Gasteiger partial charge >= 0.3 is 5.97 Å². The second-order valence-electron chi connectivity index (χ2n) is 14.1. The van der Waals surface area contributed by atoms with Gasteiger partial charge in [-0.1, -0.05) is 27.7 Å². The third kappa shape index (κ3) is 21.8. The lowest BCUT2D eigenvalue weighted by Crippen LogP contribution is -2.59. The van der Waals surface area contributed by atoms with E-state index in [0.29, 0.717) is 0 Å². The highest BCUT2D eigenvalue weighted by molar-refractivity contribution is 5.97. The van der Waals surface area contributed by atoms with Gasteiger partial charge in [0, 0.05) is 13.1 Å². The Hall–Kier alpha value is -5.78. The molecule has 0 spiro atoms. The SMILES string of the molecule is CC(C)C[C@H](NC(=O)[C@H](CC(N)=O)NC(=O)CNC(=O)[C@H](CCCN=C(N)N)NC(=O)[C@@H](N)C(C)C)C(=O)N[C@@H](CCCN=C(N)N)C(=O)N[C@H](C(=O)O)[C@@H](C)O. The Morgan fingerprint density at radius 1 is 0.614 bits per heavy atom. The predicted octanol–water partition coefficient (Wildman–Crippen LogP) is -6.00. The Morgan fingerprint density at radius 3 is 1.51 bits per heavy atom. The van der Waals surface area contributed by atoms with Crippen LogP contribution in [0.15, 0.2) is 9.98 Å². The van der Waals surface area contributed by atoms with Crippen LogP contribution in [0.5, 0.6) is 0 Å². The van der Waals surface area contributed by atoms with E-state index in [4.69, 9.17) is 34.4 Å². The van der Waals surface area contributed by atoms with Crippen molar-refractivity contribution in [3.05, 3.63) is 0 Å². The average Bonchev–Trinajstić information content (AvgIpc) is 3.09. The summed E-state index contributed by atoms with van der Waals surface area (Å²) in [5, 5.41) is 33.6. The van der Waals surface area contributed by atoms with Crippen molar-refractivity contribution < 1.29 is 48.6 Å². The molecule has 0 unspecified atom stereocenters. The number of primary amides is 1. The van der Waals surface area contributed by atoms with E-state index < -0.39 is 103 Å². The number of aliphatic imine (C=N–C) groups is 2. The van der Waals surface area contributed by atoms with E-state index in [2.05, 4.69) is 41.9 Å². The Balaban J connectivity index is 6.05. The van der Waals surface area contributed by atoms with Gasteiger partial charge in [-0.05, 0) is 50.9 Å². The van der Waals surface area contributed by atoms with Crippen molar-refractivity contribution >= 4 is 59.2 Å². The smallest absolute Gasteiger partial charge is 0.328 e. The summed E-state index contributed by atoms with van der Waals surface area (Å²) in [4.78, 5) is 110. The number of nitrogens with zero attached hydrogens (tertiary/aromatic N) is 2. The molecule has 0 heterocycles. The molecule has 0 aliphatic rings. The maximum Gasteiger partial charge on any atom is 0.328 e. The standard InChI is InChI=1S/C33H62N14O10/c1-15(2)12-20(28(53)44-19(9-7-11-41-33(38)39)27(52)47-25(17(5)48)31(56)57)46-29(54)21(13-22(34)49)43-23(50)14-42-26(51)18(8-6-10-40-32(36)37)45-30(55)24(35)16(3)4/h15-21,24-25,48H,6-14,35H2,1-5H3,(H2,34,49)(H,42,51)(H,43,50)(H,44,53)(H,45,55)(H,46,54)(H,47,52)(H,56,57)(H4,36,37,40)(H4,38,39,41)/t17-,18+,19+,20+,21+,24+,25+/m1/s1. The summed E-state index contributed by atoms with van der Waals surface area (Å²) in [6.07, 6.45) is -1.85. The van der Waals surface area contributed by atoms with Gasteiger partial charge in [0.05, 0.1) is 25.1 Å². The van der Waals surface area contributed by atoms with E-state index in [-0.39, 0.29) is 68.9 Å². The summed E-state index contributed by atoms with van der Waals surface area (Å²) < 4.78 is 0. The lowest BCUT2D eigenvalue weighted by molar-refractivity contribution is -0.145. The highest BCUT2D eigenvalue weighted by Gasteiger charge is 2.33. The van der Waals surface area contributed by atoms with E-state index in [9.17, 15) is 48.6 Å². The summed E-state index contributed by atoms with van der Waals surface area (Å²) in [7, 11) is 0.